The van der Waals surface area contributed by atoms with E-state index in [-0.39, 0.29) is 11.1 Å². The monoisotopic (exact) mass is 744 g/mol. The van der Waals surface area contributed by atoms with E-state index < -0.39 is 0 Å². The number of H-pyrrole nitrogens is 1. The molecule has 0 saturated heterocycles. The first-order chi connectivity index (χ1) is 24.0. The van der Waals surface area contributed by atoms with Crippen LogP contribution < -0.4 is 10.4 Å². The minimum Gasteiger partial charge on any atom is -0.338 e. The first-order valence-electron chi connectivity index (χ1n) is 15.3. The Morgan fingerprint density at radius 1 is 0.673 bits per heavy atom. The number of rotatable bonds is 7. The van der Waals surface area contributed by atoms with Crippen LogP contribution in [0.1, 0.15) is 26.7 Å². The molecule has 6 nitrogen and oxygen atoms in total. The summed E-state index contributed by atoms with van der Waals surface area (Å²) in [4.78, 5) is 10.9. The molecule has 0 unspecified atom stereocenters. The lowest BCUT2D eigenvalue weighted by Crippen LogP contribution is -2.18. The van der Waals surface area contributed by atoms with Gasteiger partial charge in [0.2, 0.25) is 0 Å². The molecule has 2 aliphatic heterocycles. The standard InChI is InChI=1S/C37H24N6S6/c1-3-11-44-34-35(45-12-4-2)49-37(48-34)36-46-29-14-27-28(15-30(29)47-36)43-33(42-27)20-9-10-25-26(13-20)32(22(18-40)19-41)24-8-6-5-7-23(24)31(25)21(16-38)17-39/h5-10,13-15H,3-4,11-12H2,1-2H3,(H,42,43). The van der Waals surface area contributed by atoms with Gasteiger partial charge in [-0.1, -0.05) is 97.3 Å². The maximum atomic E-state index is 9.96. The molecule has 0 spiro atoms. The van der Waals surface area contributed by atoms with Gasteiger partial charge >= 0.3 is 0 Å². The summed E-state index contributed by atoms with van der Waals surface area (Å²) in [6.07, 6.45) is 2.32. The van der Waals surface area contributed by atoms with Crippen molar-refractivity contribution < 1.29 is 0 Å². The van der Waals surface area contributed by atoms with Crippen molar-refractivity contribution in [2.75, 3.05) is 11.5 Å². The van der Waals surface area contributed by atoms with Crippen molar-refractivity contribution in [3.63, 3.8) is 0 Å². The second-order valence-corrected chi connectivity index (χ2v) is 18.3. The molecule has 2 aliphatic rings. The molecule has 0 atom stereocenters. The highest BCUT2D eigenvalue weighted by Gasteiger charge is 2.29. The molecule has 5 aromatic rings. The Balaban J connectivity index is 1.31. The van der Waals surface area contributed by atoms with Gasteiger partial charge in [0.05, 0.1) is 28.0 Å². The van der Waals surface area contributed by atoms with Crippen LogP contribution in [0.2, 0.25) is 0 Å². The summed E-state index contributed by atoms with van der Waals surface area (Å²) in [5, 5.41) is 43.1. The Bertz CT molecular complexity index is 2490. The minimum atomic E-state index is -0.0404. The third-order valence-corrected chi connectivity index (χ3v) is 16.8. The quantitative estimate of drug-likeness (QED) is 0.160. The SMILES string of the molecule is CCCSC1=C(SCCC)SC(=C2Sc3cc4nc(-c5ccc6c(=C(C#N)C#N)c7ccccc7c(=C(C#N)C#N)c6c5)[nH]c4cc3S2)S1. The average molecular weight is 745 g/mol. The van der Waals surface area contributed by atoms with E-state index in [4.69, 9.17) is 4.98 Å². The molecule has 238 valence electrons. The summed E-state index contributed by atoms with van der Waals surface area (Å²) in [5.74, 6) is 2.91. The van der Waals surface area contributed by atoms with Gasteiger partial charge in [-0.15, -0.1) is 23.5 Å². The fraction of sp³-hybridized carbons (Fsp3) is 0.162. The molecule has 0 aliphatic carbocycles. The third-order valence-electron chi connectivity index (χ3n) is 7.78. The molecule has 49 heavy (non-hydrogen) atoms. The van der Waals surface area contributed by atoms with E-state index in [1.54, 1.807) is 0 Å². The van der Waals surface area contributed by atoms with E-state index >= 15 is 0 Å². The maximum absolute atomic E-state index is 9.96. The molecule has 0 radical (unpaired) electrons. The normalized spacial score (nSPS) is 13.8. The molecule has 1 aromatic heterocycles. The Morgan fingerprint density at radius 3 is 1.78 bits per heavy atom. The lowest BCUT2D eigenvalue weighted by Gasteiger charge is -2.09. The second-order valence-electron chi connectivity index (χ2n) is 10.9. The van der Waals surface area contributed by atoms with Crippen molar-refractivity contribution in [2.45, 2.75) is 36.5 Å². The molecular weight excluding hydrogens is 721 g/mol. The summed E-state index contributed by atoms with van der Waals surface area (Å²) < 4.78 is 5.55. The van der Waals surface area contributed by atoms with Gasteiger partial charge in [0.15, 0.2) is 0 Å². The van der Waals surface area contributed by atoms with Crippen LogP contribution in [0, 0.1) is 45.3 Å². The molecule has 4 aromatic carbocycles. The number of nitriles is 4. The minimum absolute atomic E-state index is 0.0318. The van der Waals surface area contributed by atoms with Gasteiger partial charge in [0, 0.05) is 25.8 Å². The van der Waals surface area contributed by atoms with E-state index in [1.807, 2.05) is 125 Å². The Morgan fingerprint density at radius 2 is 1.20 bits per heavy atom. The summed E-state index contributed by atoms with van der Waals surface area (Å²) in [5.41, 5.74) is 2.46. The summed E-state index contributed by atoms with van der Waals surface area (Å²) in [7, 11) is 0. The van der Waals surface area contributed by atoms with E-state index in [1.165, 1.54) is 26.7 Å². The van der Waals surface area contributed by atoms with Gasteiger partial charge in [-0.3, -0.25) is 0 Å². The zero-order valence-corrected chi connectivity index (χ0v) is 31.1. The highest BCUT2D eigenvalue weighted by molar-refractivity contribution is 8.42. The topological polar surface area (TPSA) is 124 Å². The maximum Gasteiger partial charge on any atom is 0.138 e. The van der Waals surface area contributed by atoms with Gasteiger partial charge in [-0.05, 0) is 64.1 Å². The number of benzene rings is 4. The molecule has 1 N–H and O–H groups in total. The van der Waals surface area contributed by atoms with E-state index in [2.05, 4.69) is 43.1 Å². The largest absolute Gasteiger partial charge is 0.338 e. The number of hydrogen-bond donors (Lipinski definition) is 1. The van der Waals surface area contributed by atoms with Crippen LogP contribution in [-0.4, -0.2) is 21.5 Å². The van der Waals surface area contributed by atoms with Gasteiger partial charge in [0.25, 0.3) is 0 Å². The molecule has 0 fully saturated rings. The Labute approximate surface area is 308 Å². The average Bonchev–Trinajstić information content (AvgIpc) is 3.86. The first kappa shape index (κ1) is 33.6. The van der Waals surface area contributed by atoms with Crippen molar-refractivity contribution in [3.8, 4) is 35.7 Å². The number of thioether (sulfide) groups is 6. The van der Waals surface area contributed by atoms with E-state index in [0.29, 0.717) is 37.8 Å². The summed E-state index contributed by atoms with van der Waals surface area (Å²) >= 11 is 11.4. The molecule has 12 heteroatoms. The number of aromatic amines is 1. The van der Waals surface area contributed by atoms with E-state index in [0.717, 1.165) is 40.9 Å². The smallest absolute Gasteiger partial charge is 0.138 e. The van der Waals surface area contributed by atoms with Crippen LogP contribution >= 0.6 is 70.6 Å². The van der Waals surface area contributed by atoms with Crippen LogP contribution in [0.15, 0.2) is 81.3 Å². The van der Waals surface area contributed by atoms with Crippen molar-refractivity contribution in [1.29, 1.82) is 21.0 Å². The number of hydrogen-bond acceptors (Lipinski definition) is 11. The van der Waals surface area contributed by atoms with Crippen LogP contribution in [0.4, 0.5) is 0 Å². The number of fused-ring (bicyclic) bond motifs is 4. The molecule has 0 saturated carbocycles. The van der Waals surface area contributed by atoms with Crippen molar-refractivity contribution >= 4 is 114 Å². The molecule has 0 amide bonds. The van der Waals surface area contributed by atoms with Crippen molar-refractivity contribution in [1.82, 2.24) is 9.97 Å². The van der Waals surface area contributed by atoms with E-state index in [9.17, 15) is 21.0 Å². The van der Waals surface area contributed by atoms with Crippen LogP contribution in [0.3, 0.4) is 0 Å². The fourth-order valence-corrected chi connectivity index (χ4v) is 14.2. The number of nitrogens with zero attached hydrogens (tertiary/aromatic N) is 5. The van der Waals surface area contributed by atoms with Gasteiger partial charge in [-0.25, -0.2) is 4.98 Å². The Kier molecular flexibility index (Phi) is 9.99. The fourth-order valence-electron chi connectivity index (χ4n) is 5.68. The number of aromatic nitrogens is 2. The molecular formula is C37H24N6S6. The van der Waals surface area contributed by atoms with Gasteiger partial charge in [-0.2, -0.15) is 21.0 Å². The lowest BCUT2D eigenvalue weighted by molar-refractivity contribution is 1.11. The van der Waals surface area contributed by atoms with Crippen LogP contribution in [0.25, 0.3) is 55.1 Å². The Hall–Kier alpha value is -3.85. The van der Waals surface area contributed by atoms with Crippen LogP contribution in [0.5, 0.6) is 0 Å². The van der Waals surface area contributed by atoms with Gasteiger partial charge in [0.1, 0.15) is 41.2 Å². The lowest BCUT2D eigenvalue weighted by atomic mass is 9.92. The highest BCUT2D eigenvalue weighted by Crippen LogP contribution is 2.64. The molecule has 0 bridgehead atoms. The highest BCUT2D eigenvalue weighted by atomic mass is 32.3. The van der Waals surface area contributed by atoms with Crippen LogP contribution in [-0.2, 0) is 0 Å². The van der Waals surface area contributed by atoms with Crippen molar-refractivity contribution in [2.24, 2.45) is 0 Å². The van der Waals surface area contributed by atoms with Crippen molar-refractivity contribution in [3.05, 3.63) is 82.0 Å². The molecule has 7 rings (SSSR count). The third kappa shape index (κ3) is 6.24. The predicted molar refractivity (Wildman–Crippen MR) is 212 cm³/mol. The first-order valence-corrected chi connectivity index (χ1v) is 20.6. The summed E-state index contributed by atoms with van der Waals surface area (Å²) in [6.45, 7) is 4.46. The zero-order valence-electron chi connectivity index (χ0n) is 26.2. The molecule has 3 heterocycles. The predicted octanol–water partition coefficient (Wildman–Crippen LogP) is 10.1. The number of nitrogens with one attached hydrogen (secondary N) is 1. The number of imidazole rings is 1. The zero-order chi connectivity index (χ0) is 34.1. The van der Waals surface area contributed by atoms with Gasteiger partial charge < -0.3 is 4.98 Å². The second kappa shape index (κ2) is 14.6. The summed E-state index contributed by atoms with van der Waals surface area (Å²) in [6, 6.07) is 25.4.